The average Bonchev–Trinajstić information content (AvgIpc) is 3.55. The second-order valence-electron chi connectivity index (χ2n) is 6.93. The summed E-state index contributed by atoms with van der Waals surface area (Å²) in [5.41, 5.74) is 2.78. The molecule has 1 aromatic heterocycles. The molecule has 1 aromatic carbocycles. The Morgan fingerprint density at radius 1 is 1.11 bits per heavy atom. The molecule has 0 spiro atoms. The maximum absolute atomic E-state index is 12.3. The first kappa shape index (κ1) is 20.3. The van der Waals surface area contributed by atoms with Gasteiger partial charge in [-0.3, -0.25) is 0 Å². The summed E-state index contributed by atoms with van der Waals surface area (Å²) < 4.78 is 10.3. The van der Waals surface area contributed by atoms with Gasteiger partial charge in [0, 0.05) is 0 Å². The Morgan fingerprint density at radius 2 is 1.86 bits per heavy atom. The third-order valence-electron chi connectivity index (χ3n) is 4.80. The Labute approximate surface area is 170 Å². The summed E-state index contributed by atoms with van der Waals surface area (Å²) in [5.74, 6) is -0.275. The molecular weight excluding hydrogens is 378 g/mol. The molecule has 1 saturated carbocycles. The van der Waals surface area contributed by atoms with Crippen LogP contribution in [-0.2, 0) is 15.9 Å². The molecule has 1 heterocycles. The molecule has 0 unspecified atom stereocenters. The number of rotatable bonds is 9. The van der Waals surface area contributed by atoms with Crippen molar-refractivity contribution in [3.8, 4) is 0 Å². The van der Waals surface area contributed by atoms with E-state index in [9.17, 15) is 9.59 Å². The van der Waals surface area contributed by atoms with Crippen LogP contribution in [0.4, 0.5) is 0 Å². The molecule has 148 valence electrons. The van der Waals surface area contributed by atoms with Crippen LogP contribution >= 0.6 is 11.6 Å². The maximum atomic E-state index is 12.3. The first-order valence-electron chi connectivity index (χ1n) is 9.60. The van der Waals surface area contributed by atoms with Crippen LogP contribution in [0.1, 0.15) is 70.0 Å². The van der Waals surface area contributed by atoms with Gasteiger partial charge in [0.15, 0.2) is 0 Å². The Hall–Kier alpha value is -2.40. The summed E-state index contributed by atoms with van der Waals surface area (Å²) in [6.07, 6.45) is 5.20. The summed E-state index contributed by atoms with van der Waals surface area (Å²) in [6.45, 7) is 0.369. The van der Waals surface area contributed by atoms with Gasteiger partial charge >= 0.3 is 11.9 Å². The molecule has 6 heteroatoms. The monoisotopic (exact) mass is 401 g/mol. The molecule has 0 bridgehead atoms. The van der Waals surface area contributed by atoms with Crippen LogP contribution in [0.25, 0.3) is 0 Å². The highest BCUT2D eigenvalue weighted by atomic mass is 35.5. The van der Waals surface area contributed by atoms with Gasteiger partial charge < -0.3 is 9.47 Å². The smallest absolute Gasteiger partial charge is 0.340 e. The van der Waals surface area contributed by atoms with Crippen molar-refractivity contribution in [2.45, 2.75) is 44.4 Å². The summed E-state index contributed by atoms with van der Waals surface area (Å²) >= 11 is 6.18. The van der Waals surface area contributed by atoms with Gasteiger partial charge in [0.2, 0.25) is 0 Å². The molecule has 5 nitrogen and oxygen atoms in total. The lowest BCUT2D eigenvalue weighted by Crippen LogP contribution is -2.12. The average molecular weight is 402 g/mol. The normalized spacial score (nSPS) is 13.2. The van der Waals surface area contributed by atoms with Crippen molar-refractivity contribution in [3.63, 3.8) is 0 Å². The zero-order valence-corrected chi connectivity index (χ0v) is 16.7. The summed E-state index contributed by atoms with van der Waals surface area (Å²) in [5, 5.41) is 0.418. The summed E-state index contributed by atoms with van der Waals surface area (Å²) in [7, 11) is 1.39. The van der Waals surface area contributed by atoms with E-state index in [2.05, 4.69) is 4.98 Å². The number of carbonyl (C=O) groups is 2. The Bertz CT molecular complexity index is 834. The summed E-state index contributed by atoms with van der Waals surface area (Å²) in [4.78, 5) is 28.6. The fourth-order valence-electron chi connectivity index (χ4n) is 3.21. The number of halogens is 1. The van der Waals surface area contributed by atoms with E-state index in [1.54, 1.807) is 18.2 Å². The first-order valence-corrected chi connectivity index (χ1v) is 9.97. The van der Waals surface area contributed by atoms with E-state index in [4.69, 9.17) is 21.1 Å². The molecule has 1 aliphatic carbocycles. The molecule has 0 N–H and O–H groups in total. The largest absolute Gasteiger partial charge is 0.465 e. The molecule has 0 radical (unpaired) electrons. The van der Waals surface area contributed by atoms with Gasteiger partial charge in [-0.2, -0.15) is 0 Å². The minimum atomic E-state index is -0.349. The third-order valence-corrected chi connectivity index (χ3v) is 4.99. The van der Waals surface area contributed by atoms with E-state index in [1.165, 1.54) is 7.11 Å². The van der Waals surface area contributed by atoms with Crippen LogP contribution < -0.4 is 0 Å². The van der Waals surface area contributed by atoms with Crippen molar-refractivity contribution in [3.05, 3.63) is 63.9 Å². The van der Waals surface area contributed by atoms with Crippen LogP contribution in [-0.4, -0.2) is 30.6 Å². The molecule has 2 aromatic rings. The van der Waals surface area contributed by atoms with Crippen molar-refractivity contribution in [1.82, 2.24) is 4.98 Å². The second kappa shape index (κ2) is 9.69. The topological polar surface area (TPSA) is 65.5 Å². The van der Waals surface area contributed by atoms with Crippen LogP contribution in [0.2, 0.25) is 5.15 Å². The van der Waals surface area contributed by atoms with Crippen LogP contribution in [0.3, 0.4) is 0 Å². The van der Waals surface area contributed by atoms with Crippen molar-refractivity contribution < 1.29 is 19.1 Å². The predicted octanol–water partition coefficient (Wildman–Crippen LogP) is 4.97. The minimum absolute atomic E-state index is 0.306. The van der Waals surface area contributed by atoms with Crippen LogP contribution in [0, 0.1) is 0 Å². The molecule has 0 atom stereocenters. The second-order valence-corrected chi connectivity index (χ2v) is 7.32. The van der Waals surface area contributed by atoms with Gasteiger partial charge in [-0.05, 0) is 68.2 Å². The Morgan fingerprint density at radius 3 is 2.54 bits per heavy atom. The number of unbranched alkanes of at least 4 members (excludes halogenated alkanes) is 2. The molecular formula is C22H24ClNO4. The summed E-state index contributed by atoms with van der Waals surface area (Å²) in [6, 6.07) is 10.7. The van der Waals surface area contributed by atoms with Gasteiger partial charge in [-0.25, -0.2) is 14.6 Å². The number of ether oxygens (including phenoxy) is 2. The Kier molecular flexibility index (Phi) is 7.04. The number of pyridine rings is 1. The number of hydrogen-bond donors (Lipinski definition) is 0. The lowest BCUT2D eigenvalue weighted by molar-refractivity contribution is 0.0496. The van der Waals surface area contributed by atoms with Gasteiger partial charge in [0.05, 0.1) is 30.5 Å². The standard InChI is InChI=1S/C22H24ClNO4/c1-27-22(26)20-17(15-11-12-15)14-19(23)24-18(20)10-6-3-7-13-28-21(25)16-8-4-2-5-9-16/h2,4-5,8-9,14-15H,3,6-7,10-13H2,1H3. The highest BCUT2D eigenvalue weighted by molar-refractivity contribution is 6.29. The number of carbonyl (C=O) groups excluding carboxylic acids is 2. The molecule has 1 fully saturated rings. The maximum Gasteiger partial charge on any atom is 0.340 e. The van der Waals surface area contributed by atoms with Crippen LogP contribution in [0.5, 0.6) is 0 Å². The molecule has 3 rings (SSSR count). The molecule has 0 saturated heterocycles. The Balaban J connectivity index is 1.50. The van der Waals surface area contributed by atoms with Gasteiger partial charge in [-0.1, -0.05) is 29.8 Å². The van der Waals surface area contributed by atoms with E-state index < -0.39 is 0 Å². The number of benzene rings is 1. The van der Waals surface area contributed by atoms with E-state index in [1.807, 2.05) is 18.2 Å². The number of hydrogen-bond acceptors (Lipinski definition) is 5. The lowest BCUT2D eigenvalue weighted by Gasteiger charge is -2.13. The van der Waals surface area contributed by atoms with E-state index in [0.29, 0.717) is 40.9 Å². The number of methoxy groups -OCH3 is 1. The highest BCUT2D eigenvalue weighted by Gasteiger charge is 2.31. The van der Waals surface area contributed by atoms with E-state index in [0.717, 1.165) is 37.7 Å². The van der Waals surface area contributed by atoms with Gasteiger partial charge in [0.25, 0.3) is 0 Å². The van der Waals surface area contributed by atoms with Crippen molar-refractivity contribution >= 4 is 23.5 Å². The van der Waals surface area contributed by atoms with Gasteiger partial charge in [0.1, 0.15) is 5.15 Å². The number of aryl methyl sites for hydroxylation is 1. The fourth-order valence-corrected chi connectivity index (χ4v) is 3.43. The number of esters is 2. The number of nitrogens with zero attached hydrogens (tertiary/aromatic N) is 1. The quantitative estimate of drug-likeness (QED) is 0.337. The first-order chi connectivity index (χ1) is 13.6. The van der Waals surface area contributed by atoms with Crippen LogP contribution in [0.15, 0.2) is 36.4 Å². The molecule has 1 aliphatic rings. The SMILES string of the molecule is COC(=O)c1c(C2CC2)cc(Cl)nc1CCCCCOC(=O)c1ccccc1. The minimum Gasteiger partial charge on any atom is -0.465 e. The lowest BCUT2D eigenvalue weighted by atomic mass is 9.99. The predicted molar refractivity (Wildman–Crippen MR) is 107 cm³/mol. The molecule has 0 amide bonds. The van der Waals surface area contributed by atoms with Crippen molar-refractivity contribution in [1.29, 1.82) is 0 Å². The van der Waals surface area contributed by atoms with Gasteiger partial charge in [-0.15, -0.1) is 0 Å². The van der Waals surface area contributed by atoms with Crippen molar-refractivity contribution in [2.24, 2.45) is 0 Å². The highest BCUT2D eigenvalue weighted by Crippen LogP contribution is 2.43. The van der Waals surface area contributed by atoms with E-state index in [-0.39, 0.29) is 11.9 Å². The zero-order chi connectivity index (χ0) is 19.9. The molecule has 28 heavy (non-hydrogen) atoms. The molecule has 0 aliphatic heterocycles. The fraction of sp³-hybridized carbons (Fsp3) is 0.409. The van der Waals surface area contributed by atoms with E-state index >= 15 is 0 Å². The third kappa shape index (κ3) is 5.32. The number of aromatic nitrogens is 1. The van der Waals surface area contributed by atoms with Crippen molar-refractivity contribution in [2.75, 3.05) is 13.7 Å². The zero-order valence-electron chi connectivity index (χ0n) is 15.9.